The van der Waals surface area contributed by atoms with Gasteiger partial charge < -0.3 is 15.4 Å². The van der Waals surface area contributed by atoms with E-state index >= 15 is 0 Å². The monoisotopic (exact) mass is 254 g/mol. The molecule has 1 unspecified atom stereocenters. The molecule has 104 valence electrons. The summed E-state index contributed by atoms with van der Waals surface area (Å²) in [7, 11) is 0. The Labute approximate surface area is 110 Å². The summed E-state index contributed by atoms with van der Waals surface area (Å²) in [6, 6.07) is 0. The van der Waals surface area contributed by atoms with Gasteiger partial charge in [0.1, 0.15) is 5.60 Å². The zero-order valence-electron chi connectivity index (χ0n) is 11.8. The number of nitrogens with one attached hydrogen (secondary N) is 2. The summed E-state index contributed by atoms with van der Waals surface area (Å²) in [5, 5.41) is 6.83. The highest BCUT2D eigenvalue weighted by atomic mass is 16.6. The molecular formula is C14H26N2O2. The van der Waals surface area contributed by atoms with Gasteiger partial charge in [0.15, 0.2) is 0 Å². The minimum atomic E-state index is -0.379. The Morgan fingerprint density at radius 3 is 2.50 bits per heavy atom. The lowest BCUT2D eigenvalue weighted by Gasteiger charge is -2.43. The summed E-state index contributed by atoms with van der Waals surface area (Å²) in [6.45, 7) is 9.76. The molecule has 0 radical (unpaired) electrons. The quantitative estimate of drug-likeness (QED) is 0.693. The molecule has 2 rings (SSSR count). The van der Waals surface area contributed by atoms with E-state index in [9.17, 15) is 4.79 Å². The second-order valence-corrected chi connectivity index (χ2v) is 6.82. The molecule has 2 heterocycles. The maximum atomic E-state index is 12.2. The molecule has 0 aliphatic carbocycles. The van der Waals surface area contributed by atoms with Crippen LogP contribution in [0.15, 0.2) is 0 Å². The fourth-order valence-electron chi connectivity index (χ4n) is 3.07. The van der Waals surface area contributed by atoms with E-state index in [1.54, 1.807) is 0 Å². The van der Waals surface area contributed by atoms with Crippen molar-refractivity contribution >= 4 is 5.97 Å². The third kappa shape index (κ3) is 3.45. The van der Waals surface area contributed by atoms with Crippen molar-refractivity contribution in [2.75, 3.05) is 26.2 Å². The molecule has 4 heteroatoms. The van der Waals surface area contributed by atoms with Gasteiger partial charge >= 0.3 is 5.97 Å². The minimum Gasteiger partial charge on any atom is -0.460 e. The van der Waals surface area contributed by atoms with Crippen LogP contribution in [0.5, 0.6) is 0 Å². The fraction of sp³-hybridized carbons (Fsp3) is 0.929. The molecule has 0 amide bonds. The van der Waals surface area contributed by atoms with Crippen LogP contribution in [-0.2, 0) is 9.53 Å². The normalized spacial score (nSPS) is 28.1. The van der Waals surface area contributed by atoms with Gasteiger partial charge in [-0.25, -0.2) is 0 Å². The SMILES string of the molecule is CC(C)(C)OC(=O)C1CNCC2(CCNCC2)C1. The first-order valence-electron chi connectivity index (χ1n) is 7.05. The Morgan fingerprint density at radius 1 is 1.22 bits per heavy atom. The number of ether oxygens (including phenoxy) is 1. The zero-order chi connectivity index (χ0) is 13.2. The molecule has 18 heavy (non-hydrogen) atoms. The molecule has 0 aromatic rings. The highest BCUT2D eigenvalue weighted by Crippen LogP contribution is 2.38. The number of rotatable bonds is 1. The smallest absolute Gasteiger partial charge is 0.310 e. The largest absolute Gasteiger partial charge is 0.460 e. The fourth-order valence-corrected chi connectivity index (χ4v) is 3.07. The lowest BCUT2D eigenvalue weighted by Crippen LogP contribution is -2.51. The molecule has 0 aromatic heterocycles. The molecule has 0 saturated carbocycles. The molecular weight excluding hydrogens is 228 g/mol. The van der Waals surface area contributed by atoms with Crippen molar-refractivity contribution in [1.29, 1.82) is 0 Å². The van der Waals surface area contributed by atoms with Gasteiger partial charge in [0.2, 0.25) is 0 Å². The van der Waals surface area contributed by atoms with Crippen molar-refractivity contribution in [2.45, 2.75) is 45.6 Å². The molecule has 1 atom stereocenters. The predicted octanol–water partition coefficient (Wildman–Crippen LogP) is 1.31. The third-order valence-electron chi connectivity index (χ3n) is 3.97. The number of piperidine rings is 2. The first kappa shape index (κ1) is 13.8. The first-order valence-corrected chi connectivity index (χ1v) is 7.05. The standard InChI is InChI=1S/C14H26N2O2/c1-13(2,3)18-12(17)11-8-14(10-16-9-11)4-6-15-7-5-14/h11,15-16H,4-10H2,1-3H3. The van der Waals surface area contributed by atoms with Crippen molar-refractivity contribution < 1.29 is 9.53 Å². The highest BCUT2D eigenvalue weighted by Gasteiger charge is 2.40. The topological polar surface area (TPSA) is 50.4 Å². The molecule has 0 bridgehead atoms. The molecule has 4 nitrogen and oxygen atoms in total. The average molecular weight is 254 g/mol. The third-order valence-corrected chi connectivity index (χ3v) is 3.97. The molecule has 0 aromatic carbocycles. The average Bonchev–Trinajstić information content (AvgIpc) is 2.28. The van der Waals surface area contributed by atoms with Crippen LogP contribution in [0.3, 0.4) is 0 Å². The summed E-state index contributed by atoms with van der Waals surface area (Å²) in [5.41, 5.74) is -0.0686. The second-order valence-electron chi connectivity index (χ2n) is 6.82. The Hall–Kier alpha value is -0.610. The van der Waals surface area contributed by atoms with E-state index in [0.717, 1.165) is 32.6 Å². The van der Waals surface area contributed by atoms with Gasteiger partial charge in [-0.3, -0.25) is 4.79 Å². The molecule has 2 aliphatic heterocycles. The van der Waals surface area contributed by atoms with E-state index in [4.69, 9.17) is 4.74 Å². The predicted molar refractivity (Wildman–Crippen MR) is 71.4 cm³/mol. The van der Waals surface area contributed by atoms with E-state index in [-0.39, 0.29) is 17.5 Å². The number of hydrogen-bond donors (Lipinski definition) is 2. The summed E-state index contributed by atoms with van der Waals surface area (Å²) in [5.74, 6) is -0.0105. The zero-order valence-corrected chi connectivity index (χ0v) is 11.8. The van der Waals surface area contributed by atoms with Crippen LogP contribution in [0.4, 0.5) is 0 Å². The first-order chi connectivity index (χ1) is 8.40. The van der Waals surface area contributed by atoms with E-state index in [2.05, 4.69) is 10.6 Å². The summed E-state index contributed by atoms with van der Waals surface area (Å²) in [4.78, 5) is 12.2. The molecule has 2 aliphatic rings. The van der Waals surface area contributed by atoms with Crippen LogP contribution in [0.2, 0.25) is 0 Å². The maximum Gasteiger partial charge on any atom is 0.310 e. The van der Waals surface area contributed by atoms with Crippen molar-refractivity contribution in [3.05, 3.63) is 0 Å². The van der Waals surface area contributed by atoms with E-state index in [1.807, 2.05) is 20.8 Å². The van der Waals surface area contributed by atoms with Crippen LogP contribution in [0, 0.1) is 11.3 Å². The second kappa shape index (κ2) is 5.17. The van der Waals surface area contributed by atoms with E-state index in [1.165, 1.54) is 12.8 Å². The summed E-state index contributed by atoms with van der Waals surface area (Å²) >= 11 is 0. The summed E-state index contributed by atoms with van der Waals surface area (Å²) in [6.07, 6.45) is 3.31. The highest BCUT2D eigenvalue weighted by molar-refractivity contribution is 5.73. The number of esters is 1. The van der Waals surface area contributed by atoms with Crippen molar-refractivity contribution in [3.63, 3.8) is 0 Å². The maximum absolute atomic E-state index is 12.2. The van der Waals surface area contributed by atoms with Crippen LogP contribution in [0.25, 0.3) is 0 Å². The van der Waals surface area contributed by atoms with Crippen LogP contribution < -0.4 is 10.6 Å². The van der Waals surface area contributed by atoms with Crippen LogP contribution >= 0.6 is 0 Å². The Morgan fingerprint density at radius 2 is 1.89 bits per heavy atom. The van der Waals surface area contributed by atoms with Gasteiger partial charge in [-0.15, -0.1) is 0 Å². The van der Waals surface area contributed by atoms with Gasteiger partial charge in [0.25, 0.3) is 0 Å². The van der Waals surface area contributed by atoms with Crippen molar-refractivity contribution in [1.82, 2.24) is 10.6 Å². The number of hydrogen-bond acceptors (Lipinski definition) is 4. The van der Waals surface area contributed by atoms with Gasteiger partial charge in [0, 0.05) is 13.1 Å². The van der Waals surface area contributed by atoms with Gasteiger partial charge in [-0.2, -0.15) is 0 Å². The van der Waals surface area contributed by atoms with Gasteiger partial charge in [-0.05, 0) is 58.5 Å². The lowest BCUT2D eigenvalue weighted by molar-refractivity contribution is -0.162. The van der Waals surface area contributed by atoms with E-state index in [0.29, 0.717) is 5.41 Å². The van der Waals surface area contributed by atoms with E-state index < -0.39 is 0 Å². The minimum absolute atomic E-state index is 0.0241. The molecule has 2 saturated heterocycles. The van der Waals surface area contributed by atoms with Gasteiger partial charge in [0.05, 0.1) is 5.92 Å². The molecule has 2 N–H and O–H groups in total. The lowest BCUT2D eigenvalue weighted by atomic mass is 9.70. The summed E-state index contributed by atoms with van der Waals surface area (Å²) < 4.78 is 5.52. The molecule has 1 spiro atoms. The Balaban J connectivity index is 1.95. The number of carbonyl (C=O) groups is 1. The Kier molecular flexibility index (Phi) is 3.97. The Bertz CT molecular complexity index is 298. The van der Waals surface area contributed by atoms with Crippen LogP contribution in [0.1, 0.15) is 40.0 Å². The van der Waals surface area contributed by atoms with Gasteiger partial charge in [-0.1, -0.05) is 0 Å². The van der Waals surface area contributed by atoms with Crippen molar-refractivity contribution in [3.8, 4) is 0 Å². The number of carbonyl (C=O) groups excluding carboxylic acids is 1. The van der Waals surface area contributed by atoms with Crippen LogP contribution in [-0.4, -0.2) is 37.7 Å². The molecule has 2 fully saturated rings. The van der Waals surface area contributed by atoms with Crippen molar-refractivity contribution in [2.24, 2.45) is 11.3 Å².